The molecule has 0 saturated carbocycles. The van der Waals surface area contributed by atoms with Gasteiger partial charge in [0.2, 0.25) is 0 Å². The lowest BCUT2D eigenvalue weighted by atomic mass is 9.71. The Morgan fingerprint density at radius 2 is 2.11 bits per heavy atom. The van der Waals surface area contributed by atoms with Gasteiger partial charge in [-0.15, -0.1) is 0 Å². The Bertz CT molecular complexity index is 878. The van der Waals surface area contributed by atoms with E-state index in [2.05, 4.69) is 39.8 Å². The molecule has 0 radical (unpaired) electrons. The third kappa shape index (κ3) is 3.69. The standard InChI is InChI=1S/C21H29N5O2/c1-16(2)4-9-24-10-5-21(6-11-24)15-25(14-18(21)20(27)28)13-17-12-23-26-8-3-7-22-19(17)26/h3-4,7-8,12,18H,5-6,9-11,13-15H2,1-2H3,(H,27,28). The zero-order valence-electron chi connectivity index (χ0n) is 16.7. The summed E-state index contributed by atoms with van der Waals surface area (Å²) in [6, 6.07) is 1.86. The Kier molecular flexibility index (Phi) is 5.21. The normalized spacial score (nSPS) is 22.7. The second-order valence-corrected chi connectivity index (χ2v) is 8.56. The van der Waals surface area contributed by atoms with Crippen LogP contribution in [-0.2, 0) is 11.3 Å². The van der Waals surface area contributed by atoms with Crippen LogP contribution < -0.4 is 0 Å². The molecule has 4 heterocycles. The fraction of sp³-hybridized carbons (Fsp3) is 0.571. The molecule has 2 aliphatic rings. The monoisotopic (exact) mass is 383 g/mol. The SMILES string of the molecule is CC(C)=CCN1CCC2(CC1)CN(Cc1cnn3cccnc13)CC2C(=O)O. The van der Waals surface area contributed by atoms with Crippen molar-refractivity contribution in [1.29, 1.82) is 0 Å². The van der Waals surface area contributed by atoms with E-state index in [0.29, 0.717) is 13.1 Å². The van der Waals surface area contributed by atoms with Crippen molar-refractivity contribution < 1.29 is 9.90 Å². The fourth-order valence-corrected chi connectivity index (χ4v) is 4.76. The third-order valence-electron chi connectivity index (χ3n) is 6.37. The van der Waals surface area contributed by atoms with Gasteiger partial charge in [0.15, 0.2) is 5.65 Å². The second kappa shape index (κ2) is 7.64. The average Bonchev–Trinajstić information content (AvgIpc) is 3.24. The smallest absolute Gasteiger partial charge is 0.308 e. The van der Waals surface area contributed by atoms with Crippen molar-refractivity contribution in [2.75, 3.05) is 32.7 Å². The van der Waals surface area contributed by atoms with Crippen LogP contribution in [0.1, 0.15) is 32.3 Å². The highest BCUT2D eigenvalue weighted by molar-refractivity contribution is 5.72. The van der Waals surface area contributed by atoms with Crippen LogP contribution in [0.15, 0.2) is 36.3 Å². The van der Waals surface area contributed by atoms with Crippen LogP contribution in [0.2, 0.25) is 0 Å². The number of aliphatic carboxylic acids is 1. The quantitative estimate of drug-likeness (QED) is 0.799. The van der Waals surface area contributed by atoms with E-state index in [9.17, 15) is 9.90 Å². The van der Waals surface area contributed by atoms with E-state index in [1.165, 1.54) is 5.57 Å². The van der Waals surface area contributed by atoms with Crippen molar-refractivity contribution in [3.8, 4) is 0 Å². The Labute approximate surface area is 165 Å². The maximum atomic E-state index is 12.1. The molecule has 0 aromatic carbocycles. The number of aromatic nitrogens is 3. The zero-order chi connectivity index (χ0) is 19.7. The van der Waals surface area contributed by atoms with Crippen molar-refractivity contribution in [3.05, 3.63) is 41.9 Å². The van der Waals surface area contributed by atoms with Crippen molar-refractivity contribution in [3.63, 3.8) is 0 Å². The molecule has 0 aliphatic carbocycles. The van der Waals surface area contributed by atoms with E-state index in [1.54, 1.807) is 10.7 Å². The molecule has 0 amide bonds. The maximum absolute atomic E-state index is 12.1. The first-order valence-electron chi connectivity index (χ1n) is 10.0. The van der Waals surface area contributed by atoms with Gasteiger partial charge >= 0.3 is 5.97 Å². The Morgan fingerprint density at radius 1 is 1.32 bits per heavy atom. The Morgan fingerprint density at radius 3 is 2.82 bits per heavy atom. The molecule has 1 N–H and O–H groups in total. The number of hydrogen-bond acceptors (Lipinski definition) is 5. The summed E-state index contributed by atoms with van der Waals surface area (Å²) in [5.41, 5.74) is 3.12. The lowest BCUT2D eigenvalue weighted by molar-refractivity contribution is -0.145. The molecule has 7 heteroatoms. The highest BCUT2D eigenvalue weighted by Gasteiger charge is 2.51. The van der Waals surface area contributed by atoms with Gasteiger partial charge < -0.3 is 5.11 Å². The summed E-state index contributed by atoms with van der Waals surface area (Å²) in [4.78, 5) is 21.2. The number of carbonyl (C=O) groups is 1. The molecule has 150 valence electrons. The first-order valence-corrected chi connectivity index (χ1v) is 10.0. The van der Waals surface area contributed by atoms with Crippen molar-refractivity contribution in [2.45, 2.75) is 33.2 Å². The van der Waals surface area contributed by atoms with Gasteiger partial charge in [0.1, 0.15) is 0 Å². The van der Waals surface area contributed by atoms with Gasteiger partial charge in [-0.25, -0.2) is 9.50 Å². The number of allylic oxidation sites excluding steroid dienone is 1. The van der Waals surface area contributed by atoms with Gasteiger partial charge in [-0.2, -0.15) is 5.10 Å². The van der Waals surface area contributed by atoms with Crippen molar-refractivity contribution in [2.24, 2.45) is 11.3 Å². The number of hydrogen-bond donors (Lipinski definition) is 1. The minimum Gasteiger partial charge on any atom is -0.481 e. The van der Waals surface area contributed by atoms with Crippen molar-refractivity contribution >= 4 is 11.6 Å². The highest BCUT2D eigenvalue weighted by Crippen LogP contribution is 2.45. The van der Waals surface area contributed by atoms with Gasteiger partial charge in [-0.05, 0) is 45.8 Å². The first kappa shape index (κ1) is 19.1. The molecule has 1 spiro atoms. The number of nitrogens with zero attached hydrogens (tertiary/aromatic N) is 5. The summed E-state index contributed by atoms with van der Waals surface area (Å²) in [6.45, 7) is 9.30. The Balaban J connectivity index is 1.47. The molecule has 4 rings (SSSR count). The molecule has 2 aliphatic heterocycles. The lowest BCUT2D eigenvalue weighted by Gasteiger charge is -2.41. The number of rotatable bonds is 5. The van der Waals surface area contributed by atoms with Crippen LogP contribution >= 0.6 is 0 Å². The average molecular weight is 383 g/mol. The number of carboxylic acids is 1. The summed E-state index contributed by atoms with van der Waals surface area (Å²) >= 11 is 0. The van der Waals surface area contributed by atoms with E-state index >= 15 is 0 Å². The summed E-state index contributed by atoms with van der Waals surface area (Å²) < 4.78 is 1.78. The minimum atomic E-state index is -0.654. The van der Waals surface area contributed by atoms with Gasteiger partial charge in [0.25, 0.3) is 0 Å². The summed E-state index contributed by atoms with van der Waals surface area (Å²) in [5, 5.41) is 14.3. The first-order chi connectivity index (χ1) is 13.5. The van der Waals surface area contributed by atoms with E-state index < -0.39 is 5.97 Å². The number of likely N-dealkylation sites (tertiary alicyclic amines) is 2. The topological polar surface area (TPSA) is 74.0 Å². The molecule has 1 atom stereocenters. The van der Waals surface area contributed by atoms with Crippen LogP contribution in [0, 0.1) is 11.3 Å². The van der Waals surface area contributed by atoms with Gasteiger partial charge in [0.05, 0.1) is 12.1 Å². The van der Waals surface area contributed by atoms with E-state index in [4.69, 9.17) is 0 Å². The highest BCUT2D eigenvalue weighted by atomic mass is 16.4. The van der Waals surface area contributed by atoms with Crippen LogP contribution in [0.5, 0.6) is 0 Å². The predicted molar refractivity (Wildman–Crippen MR) is 107 cm³/mol. The fourth-order valence-electron chi connectivity index (χ4n) is 4.76. The van der Waals surface area contributed by atoms with Crippen LogP contribution in [0.25, 0.3) is 5.65 Å². The maximum Gasteiger partial charge on any atom is 0.308 e. The molecule has 2 saturated heterocycles. The van der Waals surface area contributed by atoms with Crippen molar-refractivity contribution in [1.82, 2.24) is 24.4 Å². The largest absolute Gasteiger partial charge is 0.481 e. The zero-order valence-corrected chi connectivity index (χ0v) is 16.7. The van der Waals surface area contributed by atoms with Gasteiger partial charge in [0, 0.05) is 49.6 Å². The van der Waals surface area contributed by atoms with E-state index in [1.807, 2.05) is 18.5 Å². The molecule has 1 unspecified atom stereocenters. The minimum absolute atomic E-state index is 0.121. The molecule has 2 fully saturated rings. The molecule has 2 aromatic rings. The van der Waals surface area contributed by atoms with Crippen LogP contribution in [-0.4, -0.2) is 68.2 Å². The van der Waals surface area contributed by atoms with E-state index in [0.717, 1.165) is 50.2 Å². The molecular weight excluding hydrogens is 354 g/mol. The summed E-state index contributed by atoms with van der Waals surface area (Å²) in [5.74, 6) is -0.953. The number of carboxylic acid groups (broad SMARTS) is 1. The van der Waals surface area contributed by atoms with E-state index in [-0.39, 0.29) is 11.3 Å². The number of piperidine rings is 1. The summed E-state index contributed by atoms with van der Waals surface area (Å²) in [7, 11) is 0. The second-order valence-electron chi connectivity index (χ2n) is 8.56. The van der Waals surface area contributed by atoms with Crippen LogP contribution in [0.3, 0.4) is 0 Å². The number of fused-ring (bicyclic) bond motifs is 1. The Hall–Kier alpha value is -2.25. The predicted octanol–water partition coefficient (Wildman–Crippen LogP) is 2.29. The van der Waals surface area contributed by atoms with Crippen LogP contribution in [0.4, 0.5) is 0 Å². The summed E-state index contributed by atoms with van der Waals surface area (Å²) in [6.07, 6.45) is 9.67. The molecular formula is C21H29N5O2. The molecule has 7 nitrogen and oxygen atoms in total. The molecule has 2 aromatic heterocycles. The molecule has 28 heavy (non-hydrogen) atoms. The lowest BCUT2D eigenvalue weighted by Crippen LogP contribution is -2.46. The molecule has 0 bridgehead atoms. The third-order valence-corrected chi connectivity index (χ3v) is 6.37. The van der Waals surface area contributed by atoms with Gasteiger partial charge in [-0.1, -0.05) is 11.6 Å². The van der Waals surface area contributed by atoms with Gasteiger partial charge in [-0.3, -0.25) is 14.6 Å².